The molecule has 1 aliphatic heterocycles. The molecule has 2 rings (SSSR count). The van der Waals surface area contributed by atoms with Crippen molar-refractivity contribution in [2.45, 2.75) is 24.6 Å². The molecule has 1 aromatic heterocycles. The average Bonchev–Trinajstić information content (AvgIpc) is 2.76. The van der Waals surface area contributed by atoms with Gasteiger partial charge in [0.15, 0.2) is 0 Å². The van der Waals surface area contributed by atoms with Crippen molar-refractivity contribution in [3.05, 3.63) is 16.6 Å². The molecule has 1 saturated heterocycles. The van der Waals surface area contributed by atoms with E-state index in [4.69, 9.17) is 0 Å². The van der Waals surface area contributed by atoms with Crippen molar-refractivity contribution in [3.8, 4) is 0 Å². The predicted molar refractivity (Wildman–Crippen MR) is 59.9 cm³/mol. The standard InChI is InChI=1S/C9H14N2OS2/c12-14(5-8-2-1-3-11-8)6-9-4-10-7-13-9/h4,7-8,11H,1-3,5-6H2/t8-,14-/m1/s1. The van der Waals surface area contributed by atoms with E-state index in [2.05, 4.69) is 10.3 Å². The minimum absolute atomic E-state index is 0.476. The van der Waals surface area contributed by atoms with Crippen LogP contribution in [0.1, 0.15) is 17.7 Å². The van der Waals surface area contributed by atoms with Gasteiger partial charge in [0.2, 0.25) is 0 Å². The fourth-order valence-electron chi connectivity index (χ4n) is 1.65. The summed E-state index contributed by atoms with van der Waals surface area (Å²) >= 11 is 1.58. The third-order valence-electron chi connectivity index (χ3n) is 2.34. The highest BCUT2D eigenvalue weighted by Gasteiger charge is 2.17. The van der Waals surface area contributed by atoms with Crippen molar-refractivity contribution in [3.63, 3.8) is 0 Å². The Morgan fingerprint density at radius 1 is 1.71 bits per heavy atom. The van der Waals surface area contributed by atoms with Crippen LogP contribution in [0.2, 0.25) is 0 Å². The number of aromatic nitrogens is 1. The summed E-state index contributed by atoms with van der Waals surface area (Å²) < 4.78 is 11.7. The summed E-state index contributed by atoms with van der Waals surface area (Å²) in [5, 5.41) is 3.36. The van der Waals surface area contributed by atoms with E-state index in [9.17, 15) is 4.21 Å². The van der Waals surface area contributed by atoms with Crippen LogP contribution in [0.15, 0.2) is 11.7 Å². The highest BCUT2D eigenvalue weighted by Crippen LogP contribution is 2.12. The highest BCUT2D eigenvalue weighted by molar-refractivity contribution is 7.84. The molecule has 0 amide bonds. The SMILES string of the molecule is O=[S@@](Cc1cncs1)C[C@H]1CCCN1. The Bertz CT molecular complexity index is 294. The van der Waals surface area contributed by atoms with Gasteiger partial charge in [0.1, 0.15) is 0 Å². The van der Waals surface area contributed by atoms with Gasteiger partial charge in [-0.15, -0.1) is 11.3 Å². The van der Waals surface area contributed by atoms with Crippen molar-refractivity contribution in [2.75, 3.05) is 12.3 Å². The van der Waals surface area contributed by atoms with Crippen LogP contribution in [-0.2, 0) is 16.6 Å². The predicted octanol–water partition coefficient (Wildman–Crippen LogP) is 1.14. The Hall–Kier alpha value is -0.260. The number of nitrogens with zero attached hydrogens (tertiary/aromatic N) is 1. The summed E-state index contributed by atoms with van der Waals surface area (Å²) in [6, 6.07) is 0.476. The van der Waals surface area contributed by atoms with E-state index in [1.54, 1.807) is 16.8 Å². The van der Waals surface area contributed by atoms with E-state index in [0.717, 1.165) is 17.2 Å². The fraction of sp³-hybridized carbons (Fsp3) is 0.667. The largest absolute Gasteiger partial charge is 0.313 e. The van der Waals surface area contributed by atoms with Crippen LogP contribution in [-0.4, -0.2) is 27.5 Å². The average molecular weight is 230 g/mol. The zero-order chi connectivity index (χ0) is 9.80. The first-order valence-electron chi connectivity index (χ1n) is 4.80. The summed E-state index contributed by atoms with van der Waals surface area (Å²) in [7, 11) is -0.731. The lowest BCUT2D eigenvalue weighted by Crippen LogP contribution is -2.27. The lowest BCUT2D eigenvalue weighted by molar-refractivity contribution is 0.643. The molecule has 2 heterocycles. The van der Waals surface area contributed by atoms with Gasteiger partial charge in [-0.3, -0.25) is 9.19 Å². The summed E-state index contributed by atoms with van der Waals surface area (Å²) in [5.74, 6) is 1.46. The van der Waals surface area contributed by atoms with Crippen LogP contribution in [0.3, 0.4) is 0 Å². The molecule has 0 spiro atoms. The molecule has 1 aromatic rings. The third kappa shape index (κ3) is 2.87. The molecule has 0 radical (unpaired) electrons. The molecule has 0 saturated carbocycles. The molecule has 5 heteroatoms. The van der Waals surface area contributed by atoms with Gasteiger partial charge in [-0.25, -0.2) is 0 Å². The van der Waals surface area contributed by atoms with Crippen LogP contribution in [0.5, 0.6) is 0 Å². The highest BCUT2D eigenvalue weighted by atomic mass is 32.2. The second kappa shape index (κ2) is 5.00. The molecule has 3 nitrogen and oxygen atoms in total. The van der Waals surface area contributed by atoms with Gasteiger partial charge in [0.05, 0.1) is 11.3 Å². The molecule has 14 heavy (non-hydrogen) atoms. The maximum Gasteiger partial charge on any atom is 0.0794 e. The van der Waals surface area contributed by atoms with Crippen molar-refractivity contribution in [1.82, 2.24) is 10.3 Å². The summed E-state index contributed by atoms with van der Waals surface area (Å²) in [4.78, 5) is 5.10. The molecule has 1 fully saturated rings. The van der Waals surface area contributed by atoms with E-state index in [1.165, 1.54) is 12.8 Å². The Balaban J connectivity index is 1.78. The molecule has 0 aromatic carbocycles. The Morgan fingerprint density at radius 2 is 2.64 bits per heavy atom. The molecule has 78 valence electrons. The minimum atomic E-state index is -0.731. The van der Waals surface area contributed by atoms with Crippen LogP contribution in [0.4, 0.5) is 0 Å². The van der Waals surface area contributed by atoms with Gasteiger partial charge in [-0.05, 0) is 19.4 Å². The summed E-state index contributed by atoms with van der Waals surface area (Å²) in [6.07, 6.45) is 4.21. The summed E-state index contributed by atoms with van der Waals surface area (Å²) in [6.45, 7) is 1.09. The minimum Gasteiger partial charge on any atom is -0.313 e. The second-order valence-corrected chi connectivity index (χ2v) is 5.98. The molecule has 2 atom stereocenters. The molecule has 0 unspecified atom stereocenters. The number of rotatable bonds is 4. The summed E-state index contributed by atoms with van der Waals surface area (Å²) in [5.41, 5.74) is 1.79. The first-order valence-corrected chi connectivity index (χ1v) is 7.17. The monoisotopic (exact) mass is 230 g/mol. The Labute approximate surface area is 90.4 Å². The Morgan fingerprint density at radius 3 is 3.29 bits per heavy atom. The van der Waals surface area contributed by atoms with Gasteiger partial charge in [0, 0.05) is 33.7 Å². The maximum absolute atomic E-state index is 11.7. The maximum atomic E-state index is 11.7. The van der Waals surface area contributed by atoms with E-state index in [0.29, 0.717) is 11.8 Å². The zero-order valence-corrected chi connectivity index (χ0v) is 9.57. The number of nitrogens with one attached hydrogen (secondary N) is 1. The molecule has 1 aliphatic rings. The molecular formula is C9H14N2OS2. The smallest absolute Gasteiger partial charge is 0.0794 e. The third-order valence-corrected chi connectivity index (χ3v) is 4.71. The van der Waals surface area contributed by atoms with Crippen LogP contribution in [0.25, 0.3) is 0 Å². The van der Waals surface area contributed by atoms with Crippen LogP contribution < -0.4 is 5.32 Å². The zero-order valence-electron chi connectivity index (χ0n) is 7.94. The van der Waals surface area contributed by atoms with Gasteiger partial charge < -0.3 is 5.32 Å². The number of hydrogen-bond acceptors (Lipinski definition) is 4. The topological polar surface area (TPSA) is 42.0 Å². The normalized spacial score (nSPS) is 23.9. The van der Waals surface area contributed by atoms with Crippen LogP contribution in [0, 0.1) is 0 Å². The van der Waals surface area contributed by atoms with E-state index in [-0.39, 0.29) is 0 Å². The number of hydrogen-bond donors (Lipinski definition) is 1. The molecule has 1 N–H and O–H groups in total. The van der Waals surface area contributed by atoms with Crippen molar-refractivity contribution in [2.24, 2.45) is 0 Å². The van der Waals surface area contributed by atoms with E-state index < -0.39 is 10.8 Å². The van der Waals surface area contributed by atoms with Gasteiger partial charge in [-0.2, -0.15) is 0 Å². The lowest BCUT2D eigenvalue weighted by atomic mass is 10.3. The second-order valence-electron chi connectivity index (χ2n) is 3.51. The molecule has 0 aliphatic carbocycles. The Kier molecular flexibility index (Phi) is 3.67. The molecular weight excluding hydrogens is 216 g/mol. The van der Waals surface area contributed by atoms with E-state index >= 15 is 0 Å². The molecule has 0 bridgehead atoms. The van der Waals surface area contributed by atoms with Crippen molar-refractivity contribution < 1.29 is 4.21 Å². The van der Waals surface area contributed by atoms with Crippen molar-refractivity contribution in [1.29, 1.82) is 0 Å². The van der Waals surface area contributed by atoms with Crippen molar-refractivity contribution >= 4 is 22.1 Å². The lowest BCUT2D eigenvalue weighted by Gasteiger charge is -2.08. The van der Waals surface area contributed by atoms with Crippen LogP contribution >= 0.6 is 11.3 Å². The first-order chi connectivity index (χ1) is 6.84. The fourth-order valence-corrected chi connectivity index (χ4v) is 3.94. The number of thiazole rings is 1. The first kappa shape index (κ1) is 10.3. The quantitative estimate of drug-likeness (QED) is 0.843. The van der Waals surface area contributed by atoms with Gasteiger partial charge in [0.25, 0.3) is 0 Å². The van der Waals surface area contributed by atoms with Gasteiger partial charge >= 0.3 is 0 Å². The van der Waals surface area contributed by atoms with Gasteiger partial charge in [-0.1, -0.05) is 0 Å². The van der Waals surface area contributed by atoms with E-state index in [1.807, 2.05) is 6.20 Å².